The minimum Gasteiger partial charge on any atom is -0.393 e. The largest absolute Gasteiger partial charge is 0.393 e. The van der Waals surface area contributed by atoms with Crippen LogP contribution in [0.2, 0.25) is 0 Å². The topological polar surface area (TPSA) is 46.2 Å². The molecule has 3 N–H and O–H groups in total. The molecule has 1 unspecified atom stereocenters. The van der Waals surface area contributed by atoms with E-state index in [-0.39, 0.29) is 12.1 Å². The highest BCUT2D eigenvalue weighted by Gasteiger charge is 2.28. The summed E-state index contributed by atoms with van der Waals surface area (Å²) in [7, 11) is 0. The predicted molar refractivity (Wildman–Crippen MR) is 46.2 cm³/mol. The van der Waals surface area contributed by atoms with Crippen LogP contribution in [0.5, 0.6) is 0 Å². The van der Waals surface area contributed by atoms with Crippen molar-refractivity contribution >= 4 is 0 Å². The zero-order valence-corrected chi connectivity index (χ0v) is 7.46. The number of rotatable bonds is 1. The molecule has 0 radical (unpaired) electrons. The molecular weight excluding hydrogens is 138 g/mol. The van der Waals surface area contributed by atoms with Crippen LogP contribution in [0.25, 0.3) is 0 Å². The Morgan fingerprint density at radius 1 is 1.36 bits per heavy atom. The van der Waals surface area contributed by atoms with Gasteiger partial charge in [-0.2, -0.15) is 0 Å². The Labute approximate surface area is 68.8 Å². The smallest absolute Gasteiger partial charge is 0.0585 e. The van der Waals surface area contributed by atoms with Gasteiger partial charge in [-0.3, -0.25) is 0 Å². The molecule has 0 spiro atoms. The Kier molecular flexibility index (Phi) is 2.90. The third-order valence-electron chi connectivity index (χ3n) is 2.77. The summed E-state index contributed by atoms with van der Waals surface area (Å²) in [5, 5.41) is 9.63. The van der Waals surface area contributed by atoms with Crippen LogP contribution < -0.4 is 5.73 Å². The van der Waals surface area contributed by atoms with E-state index in [0.717, 1.165) is 19.3 Å². The van der Waals surface area contributed by atoms with E-state index in [0.29, 0.717) is 11.8 Å². The Bertz CT molecular complexity index is 125. The summed E-state index contributed by atoms with van der Waals surface area (Å²) in [5.74, 6) is 1.08. The van der Waals surface area contributed by atoms with E-state index in [1.807, 2.05) is 0 Å². The molecule has 3 atom stereocenters. The molecule has 0 amide bonds. The maximum absolute atomic E-state index is 9.63. The standard InChI is InChI=1S/C9H19NO/c1-6(2)8-4-3-7(10)5-9(8)11/h6-9,11H,3-5,10H2,1-2H3/t7-,8?,9-/m1/s1. The van der Waals surface area contributed by atoms with E-state index in [4.69, 9.17) is 5.73 Å². The predicted octanol–water partition coefficient (Wildman–Crippen LogP) is 1.13. The SMILES string of the molecule is CC(C)C1CC[C@@H](N)C[C@H]1O. The lowest BCUT2D eigenvalue weighted by atomic mass is 9.78. The molecule has 2 nitrogen and oxygen atoms in total. The van der Waals surface area contributed by atoms with Crippen molar-refractivity contribution in [3.63, 3.8) is 0 Å². The van der Waals surface area contributed by atoms with Crippen LogP contribution in [-0.4, -0.2) is 17.3 Å². The zero-order valence-electron chi connectivity index (χ0n) is 7.46. The van der Waals surface area contributed by atoms with E-state index in [1.165, 1.54) is 0 Å². The number of hydrogen-bond donors (Lipinski definition) is 2. The van der Waals surface area contributed by atoms with Gasteiger partial charge in [-0.15, -0.1) is 0 Å². The van der Waals surface area contributed by atoms with Crippen molar-refractivity contribution in [2.75, 3.05) is 0 Å². The minimum atomic E-state index is -0.154. The van der Waals surface area contributed by atoms with Crippen LogP contribution in [0.4, 0.5) is 0 Å². The van der Waals surface area contributed by atoms with Crippen molar-refractivity contribution in [2.45, 2.75) is 45.3 Å². The van der Waals surface area contributed by atoms with Gasteiger partial charge < -0.3 is 10.8 Å². The molecule has 1 aliphatic carbocycles. The van der Waals surface area contributed by atoms with Crippen molar-refractivity contribution < 1.29 is 5.11 Å². The normalized spacial score (nSPS) is 39.5. The molecule has 0 aliphatic heterocycles. The summed E-state index contributed by atoms with van der Waals surface area (Å²) in [6.07, 6.45) is 2.82. The second-order valence-corrected chi connectivity index (χ2v) is 4.05. The molecule has 0 aromatic heterocycles. The molecule has 11 heavy (non-hydrogen) atoms. The highest BCUT2D eigenvalue weighted by atomic mass is 16.3. The van der Waals surface area contributed by atoms with Crippen LogP contribution in [-0.2, 0) is 0 Å². The van der Waals surface area contributed by atoms with Gasteiger partial charge in [-0.25, -0.2) is 0 Å². The molecule has 1 fully saturated rings. The molecule has 1 saturated carbocycles. The first kappa shape index (κ1) is 9.01. The first-order valence-electron chi connectivity index (χ1n) is 4.55. The first-order chi connectivity index (χ1) is 5.11. The van der Waals surface area contributed by atoms with E-state index < -0.39 is 0 Å². The van der Waals surface area contributed by atoms with Crippen LogP contribution in [0.3, 0.4) is 0 Å². The summed E-state index contributed by atoms with van der Waals surface area (Å²) >= 11 is 0. The molecule has 0 aromatic rings. The molecule has 2 heteroatoms. The van der Waals surface area contributed by atoms with E-state index in [9.17, 15) is 5.11 Å². The molecule has 1 rings (SSSR count). The molecule has 0 saturated heterocycles. The Morgan fingerprint density at radius 3 is 2.45 bits per heavy atom. The van der Waals surface area contributed by atoms with Gasteiger partial charge in [0.25, 0.3) is 0 Å². The van der Waals surface area contributed by atoms with Crippen molar-refractivity contribution in [3.8, 4) is 0 Å². The number of aliphatic hydroxyl groups is 1. The Balaban J connectivity index is 2.44. The van der Waals surface area contributed by atoms with Gasteiger partial charge in [-0.05, 0) is 31.1 Å². The Hall–Kier alpha value is -0.0800. The second kappa shape index (κ2) is 3.55. The number of nitrogens with two attached hydrogens (primary N) is 1. The molecular formula is C9H19NO. The van der Waals surface area contributed by atoms with E-state index in [2.05, 4.69) is 13.8 Å². The zero-order chi connectivity index (χ0) is 8.43. The summed E-state index contributed by atoms with van der Waals surface area (Å²) in [4.78, 5) is 0. The Morgan fingerprint density at radius 2 is 2.00 bits per heavy atom. The van der Waals surface area contributed by atoms with Gasteiger partial charge in [0.1, 0.15) is 0 Å². The molecule has 66 valence electrons. The van der Waals surface area contributed by atoms with Crippen LogP contribution >= 0.6 is 0 Å². The van der Waals surface area contributed by atoms with Gasteiger partial charge in [0.05, 0.1) is 6.10 Å². The van der Waals surface area contributed by atoms with Gasteiger partial charge in [0.2, 0.25) is 0 Å². The molecule has 0 bridgehead atoms. The highest BCUT2D eigenvalue weighted by molar-refractivity contribution is 4.82. The van der Waals surface area contributed by atoms with Crippen LogP contribution in [0.15, 0.2) is 0 Å². The van der Waals surface area contributed by atoms with Crippen LogP contribution in [0, 0.1) is 11.8 Å². The average molecular weight is 157 g/mol. The van der Waals surface area contributed by atoms with E-state index >= 15 is 0 Å². The lowest BCUT2D eigenvalue weighted by Gasteiger charge is -2.33. The fraction of sp³-hybridized carbons (Fsp3) is 1.00. The van der Waals surface area contributed by atoms with Gasteiger partial charge in [0.15, 0.2) is 0 Å². The minimum absolute atomic E-state index is 0.154. The number of aliphatic hydroxyl groups excluding tert-OH is 1. The fourth-order valence-electron chi connectivity index (χ4n) is 1.98. The lowest BCUT2D eigenvalue weighted by molar-refractivity contribution is 0.0382. The highest BCUT2D eigenvalue weighted by Crippen LogP contribution is 2.29. The maximum atomic E-state index is 9.63. The lowest BCUT2D eigenvalue weighted by Crippen LogP contribution is -2.38. The fourth-order valence-corrected chi connectivity index (χ4v) is 1.98. The van der Waals surface area contributed by atoms with Crippen molar-refractivity contribution in [1.29, 1.82) is 0 Å². The molecule has 0 aromatic carbocycles. The third-order valence-corrected chi connectivity index (χ3v) is 2.77. The summed E-state index contributed by atoms with van der Waals surface area (Å²) in [6, 6.07) is 0.236. The van der Waals surface area contributed by atoms with Gasteiger partial charge in [0, 0.05) is 6.04 Å². The number of hydrogen-bond acceptors (Lipinski definition) is 2. The summed E-state index contributed by atoms with van der Waals surface area (Å²) < 4.78 is 0. The summed E-state index contributed by atoms with van der Waals surface area (Å²) in [6.45, 7) is 4.34. The maximum Gasteiger partial charge on any atom is 0.0585 e. The van der Waals surface area contributed by atoms with Crippen molar-refractivity contribution in [3.05, 3.63) is 0 Å². The third kappa shape index (κ3) is 2.17. The van der Waals surface area contributed by atoms with Crippen LogP contribution in [0.1, 0.15) is 33.1 Å². The average Bonchev–Trinajstić information content (AvgIpc) is 1.85. The quantitative estimate of drug-likeness (QED) is 0.599. The van der Waals surface area contributed by atoms with E-state index in [1.54, 1.807) is 0 Å². The monoisotopic (exact) mass is 157 g/mol. The van der Waals surface area contributed by atoms with Crippen molar-refractivity contribution in [1.82, 2.24) is 0 Å². The molecule has 1 aliphatic rings. The first-order valence-corrected chi connectivity index (χ1v) is 4.55. The second-order valence-electron chi connectivity index (χ2n) is 4.05. The molecule has 0 heterocycles. The van der Waals surface area contributed by atoms with Crippen molar-refractivity contribution in [2.24, 2.45) is 17.6 Å². The van der Waals surface area contributed by atoms with Gasteiger partial charge in [-0.1, -0.05) is 13.8 Å². The summed E-state index contributed by atoms with van der Waals surface area (Å²) in [5.41, 5.74) is 5.73. The van der Waals surface area contributed by atoms with Gasteiger partial charge >= 0.3 is 0 Å².